The van der Waals surface area contributed by atoms with Crippen LogP contribution in [-0.4, -0.2) is 34.4 Å². The van der Waals surface area contributed by atoms with Crippen molar-refractivity contribution in [3.05, 3.63) is 11.1 Å². The number of nitrogens with one attached hydrogen (secondary N) is 1. The summed E-state index contributed by atoms with van der Waals surface area (Å²) < 4.78 is 3.82. The zero-order valence-corrected chi connectivity index (χ0v) is 8.18. The Bertz CT molecular complexity index is 256. The van der Waals surface area contributed by atoms with Crippen molar-refractivity contribution in [1.82, 2.24) is 14.9 Å². The fraction of sp³-hybridized carbons (Fsp3) is 0.750. The van der Waals surface area contributed by atoms with Gasteiger partial charge in [0.05, 0.1) is 12.3 Å². The van der Waals surface area contributed by atoms with E-state index >= 15 is 0 Å². The van der Waals surface area contributed by atoms with E-state index in [4.69, 9.17) is 0 Å². The molecule has 1 atom stereocenters. The highest BCUT2D eigenvalue weighted by Crippen LogP contribution is 2.28. The summed E-state index contributed by atoms with van der Waals surface area (Å²) in [5, 5.41) is 18.6. The van der Waals surface area contributed by atoms with Gasteiger partial charge in [-0.3, -0.25) is 0 Å². The van der Waals surface area contributed by atoms with Crippen LogP contribution in [0.5, 0.6) is 0 Å². The second-order valence-electron chi connectivity index (χ2n) is 3.66. The van der Waals surface area contributed by atoms with Crippen LogP contribution in [0.4, 0.5) is 0 Å². The molecule has 2 N–H and O–H groups in total. The third-order valence-corrected chi connectivity index (χ3v) is 3.18. The molecule has 2 rings (SSSR count). The lowest BCUT2D eigenvalue weighted by Crippen LogP contribution is -2.30. The first-order chi connectivity index (χ1) is 6.35. The molecular formula is C8H13N3OS. The SMILES string of the molecule is OCC1(Cc2csnn2)CCNC1. The Morgan fingerprint density at radius 3 is 3.15 bits per heavy atom. The molecule has 1 aliphatic rings. The van der Waals surface area contributed by atoms with E-state index in [0.29, 0.717) is 0 Å². The highest BCUT2D eigenvalue weighted by molar-refractivity contribution is 7.03. The quantitative estimate of drug-likeness (QED) is 0.722. The summed E-state index contributed by atoms with van der Waals surface area (Å²) in [5.41, 5.74) is 1.01. The van der Waals surface area contributed by atoms with Gasteiger partial charge in [0.15, 0.2) is 0 Å². The number of hydrogen-bond donors (Lipinski definition) is 2. The molecule has 0 aromatic carbocycles. The molecule has 1 unspecified atom stereocenters. The maximum atomic E-state index is 9.33. The Labute approximate surface area is 81.1 Å². The van der Waals surface area contributed by atoms with Gasteiger partial charge < -0.3 is 10.4 Å². The van der Waals surface area contributed by atoms with E-state index in [1.165, 1.54) is 11.5 Å². The third kappa shape index (κ3) is 1.87. The van der Waals surface area contributed by atoms with E-state index in [1.54, 1.807) is 0 Å². The van der Waals surface area contributed by atoms with Crippen LogP contribution in [0.2, 0.25) is 0 Å². The normalized spacial score (nSPS) is 28.1. The topological polar surface area (TPSA) is 58.0 Å². The highest BCUT2D eigenvalue weighted by atomic mass is 32.1. The van der Waals surface area contributed by atoms with E-state index < -0.39 is 0 Å². The van der Waals surface area contributed by atoms with Gasteiger partial charge in [0, 0.05) is 23.8 Å². The van der Waals surface area contributed by atoms with Gasteiger partial charge in [-0.25, -0.2) is 0 Å². The first kappa shape index (κ1) is 9.05. The number of aromatic nitrogens is 2. The molecular weight excluding hydrogens is 186 g/mol. The van der Waals surface area contributed by atoms with Crippen LogP contribution in [0.3, 0.4) is 0 Å². The fourth-order valence-electron chi connectivity index (χ4n) is 1.78. The van der Waals surface area contributed by atoms with E-state index in [1.807, 2.05) is 5.38 Å². The van der Waals surface area contributed by atoms with Gasteiger partial charge >= 0.3 is 0 Å². The summed E-state index contributed by atoms with van der Waals surface area (Å²) in [5.74, 6) is 0. The number of nitrogens with zero attached hydrogens (tertiary/aromatic N) is 2. The zero-order valence-electron chi connectivity index (χ0n) is 7.36. The van der Waals surface area contributed by atoms with Crippen LogP contribution < -0.4 is 5.32 Å². The molecule has 0 spiro atoms. The van der Waals surface area contributed by atoms with Crippen molar-refractivity contribution in [2.75, 3.05) is 19.7 Å². The summed E-state index contributed by atoms with van der Waals surface area (Å²) in [7, 11) is 0. The minimum absolute atomic E-state index is 0.00968. The van der Waals surface area contributed by atoms with Crippen LogP contribution in [0.25, 0.3) is 0 Å². The lowest BCUT2D eigenvalue weighted by molar-refractivity contribution is 0.142. The number of aliphatic hydroxyl groups is 1. The molecule has 0 radical (unpaired) electrons. The Hall–Kier alpha value is -0.520. The van der Waals surface area contributed by atoms with Gasteiger partial charge in [0.2, 0.25) is 0 Å². The van der Waals surface area contributed by atoms with Crippen molar-refractivity contribution in [3.8, 4) is 0 Å². The highest BCUT2D eigenvalue weighted by Gasteiger charge is 2.33. The van der Waals surface area contributed by atoms with Crippen molar-refractivity contribution < 1.29 is 5.11 Å². The van der Waals surface area contributed by atoms with Gasteiger partial charge in [0.25, 0.3) is 0 Å². The molecule has 0 bridgehead atoms. The van der Waals surface area contributed by atoms with Crippen molar-refractivity contribution in [2.24, 2.45) is 5.41 Å². The predicted octanol–water partition coefficient (Wildman–Crippen LogP) is 0.0526. The van der Waals surface area contributed by atoms with Crippen molar-refractivity contribution in [2.45, 2.75) is 12.8 Å². The maximum Gasteiger partial charge on any atom is 0.0762 e. The standard InChI is InChI=1S/C8H13N3OS/c12-6-8(1-2-9-5-8)3-7-4-13-11-10-7/h4,9,12H,1-3,5-6H2. The molecule has 1 aromatic heterocycles. The molecule has 5 heteroatoms. The Kier molecular flexibility index (Phi) is 2.57. The Balaban J connectivity index is 2.06. The first-order valence-corrected chi connectivity index (χ1v) is 5.26. The van der Waals surface area contributed by atoms with E-state index in [2.05, 4.69) is 14.9 Å². The average molecular weight is 199 g/mol. The molecule has 1 aliphatic heterocycles. The Morgan fingerprint density at radius 2 is 2.62 bits per heavy atom. The van der Waals surface area contributed by atoms with Crippen molar-refractivity contribution >= 4 is 11.5 Å². The zero-order chi connectivity index (χ0) is 9.15. The van der Waals surface area contributed by atoms with Crippen LogP contribution in [0.1, 0.15) is 12.1 Å². The maximum absolute atomic E-state index is 9.33. The first-order valence-electron chi connectivity index (χ1n) is 4.42. The summed E-state index contributed by atoms with van der Waals surface area (Å²) in [6, 6.07) is 0. The molecule has 0 saturated carbocycles. The van der Waals surface area contributed by atoms with E-state index in [-0.39, 0.29) is 12.0 Å². The van der Waals surface area contributed by atoms with Crippen LogP contribution in [-0.2, 0) is 6.42 Å². The number of hydrogen-bond acceptors (Lipinski definition) is 5. The van der Waals surface area contributed by atoms with Gasteiger partial charge in [-0.05, 0) is 24.5 Å². The van der Waals surface area contributed by atoms with Crippen molar-refractivity contribution in [1.29, 1.82) is 0 Å². The smallest absolute Gasteiger partial charge is 0.0762 e. The van der Waals surface area contributed by atoms with E-state index in [0.717, 1.165) is 31.6 Å². The minimum atomic E-state index is 0.00968. The number of rotatable bonds is 3. The Morgan fingerprint density at radius 1 is 1.69 bits per heavy atom. The van der Waals surface area contributed by atoms with Crippen LogP contribution in [0.15, 0.2) is 5.38 Å². The van der Waals surface area contributed by atoms with Gasteiger partial charge in [-0.1, -0.05) is 4.49 Å². The second-order valence-corrected chi connectivity index (χ2v) is 4.27. The van der Waals surface area contributed by atoms with Crippen LogP contribution >= 0.6 is 11.5 Å². The molecule has 1 fully saturated rings. The monoisotopic (exact) mass is 199 g/mol. The summed E-state index contributed by atoms with van der Waals surface area (Å²) in [6.45, 7) is 2.12. The van der Waals surface area contributed by atoms with Crippen LogP contribution in [0, 0.1) is 5.41 Å². The lowest BCUT2D eigenvalue weighted by atomic mass is 9.83. The lowest BCUT2D eigenvalue weighted by Gasteiger charge is -2.23. The molecule has 1 saturated heterocycles. The van der Waals surface area contributed by atoms with Gasteiger partial charge in [0.1, 0.15) is 0 Å². The number of aliphatic hydroxyl groups excluding tert-OH is 1. The molecule has 1 aromatic rings. The molecule has 0 amide bonds. The third-order valence-electron chi connectivity index (χ3n) is 2.63. The summed E-state index contributed by atoms with van der Waals surface area (Å²) in [4.78, 5) is 0. The molecule has 72 valence electrons. The van der Waals surface area contributed by atoms with Gasteiger partial charge in [-0.15, -0.1) is 5.10 Å². The summed E-state index contributed by atoms with van der Waals surface area (Å²) >= 11 is 1.37. The molecule has 2 heterocycles. The molecule has 13 heavy (non-hydrogen) atoms. The fourth-order valence-corrected chi connectivity index (χ4v) is 2.23. The van der Waals surface area contributed by atoms with E-state index in [9.17, 15) is 5.11 Å². The summed E-state index contributed by atoms with van der Waals surface area (Å²) in [6.07, 6.45) is 1.87. The van der Waals surface area contributed by atoms with Crippen molar-refractivity contribution in [3.63, 3.8) is 0 Å². The minimum Gasteiger partial charge on any atom is -0.396 e. The largest absolute Gasteiger partial charge is 0.396 e. The average Bonchev–Trinajstić information content (AvgIpc) is 2.77. The molecule has 0 aliphatic carbocycles. The molecule has 4 nitrogen and oxygen atoms in total. The predicted molar refractivity (Wildman–Crippen MR) is 50.6 cm³/mol. The second kappa shape index (κ2) is 3.69. The van der Waals surface area contributed by atoms with Gasteiger partial charge in [-0.2, -0.15) is 0 Å².